The molecule has 1 aromatic carbocycles. The summed E-state index contributed by atoms with van der Waals surface area (Å²) in [5.74, 6) is 0.766. The Kier molecular flexibility index (Phi) is 7.97. The SMILES string of the molecule is CN1CCN(C=NC(=NC(N)=Nc2cc(-c3cccs3)[nH]n2)Sc2ccc(NC(=O)C3CC3)cc2)CC1. The van der Waals surface area contributed by atoms with E-state index in [1.54, 1.807) is 11.3 Å². The highest BCUT2D eigenvalue weighted by molar-refractivity contribution is 8.14. The molecule has 1 aliphatic carbocycles. The normalized spacial score (nSPS) is 17.5. The van der Waals surface area contributed by atoms with Crippen LogP contribution in [0.3, 0.4) is 0 Å². The van der Waals surface area contributed by atoms with Gasteiger partial charge in [0.25, 0.3) is 0 Å². The Balaban J connectivity index is 1.31. The minimum absolute atomic E-state index is 0.0653. The maximum absolute atomic E-state index is 12.0. The number of carbonyl (C=O) groups is 1. The molecule has 1 aliphatic heterocycles. The molecule has 4 N–H and O–H groups in total. The van der Waals surface area contributed by atoms with Gasteiger partial charge < -0.3 is 20.9 Å². The number of aromatic amines is 1. The van der Waals surface area contributed by atoms with Gasteiger partial charge in [-0.25, -0.2) is 4.99 Å². The molecule has 1 saturated carbocycles. The van der Waals surface area contributed by atoms with Gasteiger partial charge in [-0.15, -0.1) is 11.3 Å². The van der Waals surface area contributed by atoms with Crippen LogP contribution in [0.5, 0.6) is 0 Å². The van der Waals surface area contributed by atoms with Crippen molar-refractivity contribution in [1.29, 1.82) is 0 Å². The molecule has 0 bridgehead atoms. The Bertz CT molecular complexity index is 1290. The van der Waals surface area contributed by atoms with Crippen LogP contribution in [0.25, 0.3) is 10.6 Å². The van der Waals surface area contributed by atoms with Crippen LogP contribution in [0, 0.1) is 5.92 Å². The number of thioether (sulfide) groups is 1. The van der Waals surface area contributed by atoms with Crippen molar-refractivity contribution in [3.05, 3.63) is 47.8 Å². The van der Waals surface area contributed by atoms with E-state index < -0.39 is 0 Å². The van der Waals surface area contributed by atoms with Crippen molar-refractivity contribution in [3.63, 3.8) is 0 Å². The van der Waals surface area contributed by atoms with Crippen molar-refractivity contribution in [2.45, 2.75) is 17.7 Å². The third-order valence-corrected chi connectivity index (χ3v) is 7.73. The standard InChI is InChI=1S/C25H29N9OS2/c1-33-10-12-34(13-11-33)16-27-25(37-19-8-6-18(7-9-19)28-23(35)17-4-5-17)30-24(26)29-22-15-20(31-32-22)21-3-2-14-36-21/h2-3,6-9,14-17H,4-5,10-13H2,1H3,(H,28,35)(H3,26,29,31,32). The van der Waals surface area contributed by atoms with Crippen molar-refractivity contribution < 1.29 is 4.79 Å². The second-order valence-corrected chi connectivity index (χ2v) is 10.9. The van der Waals surface area contributed by atoms with Gasteiger partial charge in [0.1, 0.15) is 0 Å². The molecule has 37 heavy (non-hydrogen) atoms. The summed E-state index contributed by atoms with van der Waals surface area (Å²) in [6.45, 7) is 3.76. The van der Waals surface area contributed by atoms with E-state index in [1.807, 2.05) is 54.2 Å². The van der Waals surface area contributed by atoms with E-state index in [9.17, 15) is 4.79 Å². The molecule has 1 saturated heterocycles. The molecule has 5 rings (SSSR count). The lowest BCUT2D eigenvalue weighted by molar-refractivity contribution is -0.117. The number of likely N-dealkylation sites (N-methyl/N-ethyl adjacent to an activating group) is 1. The number of hydrogen-bond acceptors (Lipinski definition) is 6. The number of guanidine groups is 1. The summed E-state index contributed by atoms with van der Waals surface area (Å²) in [6.07, 6.45) is 3.77. The number of nitrogens with one attached hydrogen (secondary N) is 2. The maximum Gasteiger partial charge on any atom is 0.227 e. The van der Waals surface area contributed by atoms with Crippen LogP contribution in [0.2, 0.25) is 0 Å². The Labute approximate surface area is 223 Å². The molecule has 2 aromatic heterocycles. The monoisotopic (exact) mass is 535 g/mol. The third-order valence-electron chi connectivity index (χ3n) is 5.94. The summed E-state index contributed by atoms with van der Waals surface area (Å²) in [5.41, 5.74) is 7.84. The van der Waals surface area contributed by atoms with Crippen LogP contribution < -0.4 is 11.1 Å². The van der Waals surface area contributed by atoms with Crippen molar-refractivity contribution in [1.82, 2.24) is 20.0 Å². The fourth-order valence-corrected chi connectivity index (χ4v) is 5.03. The number of amides is 1. The Morgan fingerprint density at radius 3 is 2.70 bits per heavy atom. The number of anilines is 1. The van der Waals surface area contributed by atoms with Crippen molar-refractivity contribution in [2.75, 3.05) is 38.5 Å². The van der Waals surface area contributed by atoms with E-state index in [1.165, 1.54) is 11.8 Å². The molecule has 3 aromatic rings. The predicted octanol–water partition coefficient (Wildman–Crippen LogP) is 3.86. The van der Waals surface area contributed by atoms with E-state index in [4.69, 9.17) is 5.73 Å². The number of thiophene rings is 1. The van der Waals surface area contributed by atoms with Crippen molar-refractivity contribution in [2.24, 2.45) is 26.6 Å². The first-order valence-electron chi connectivity index (χ1n) is 12.1. The number of aromatic nitrogens is 2. The van der Waals surface area contributed by atoms with Crippen molar-refractivity contribution in [3.8, 4) is 10.6 Å². The fraction of sp³-hybridized carbons (Fsp3) is 0.320. The highest BCUT2D eigenvalue weighted by Gasteiger charge is 2.29. The number of H-pyrrole nitrogens is 1. The van der Waals surface area contributed by atoms with Gasteiger partial charge in [0.2, 0.25) is 11.9 Å². The van der Waals surface area contributed by atoms with Gasteiger partial charge in [-0.1, -0.05) is 6.07 Å². The highest BCUT2D eigenvalue weighted by Crippen LogP contribution is 2.31. The summed E-state index contributed by atoms with van der Waals surface area (Å²) in [7, 11) is 2.12. The molecule has 3 heterocycles. The van der Waals surface area contributed by atoms with E-state index in [0.29, 0.717) is 11.0 Å². The van der Waals surface area contributed by atoms with E-state index in [-0.39, 0.29) is 17.8 Å². The largest absolute Gasteiger partial charge is 0.368 e. The lowest BCUT2D eigenvalue weighted by atomic mass is 10.3. The van der Waals surface area contributed by atoms with Crippen LogP contribution in [0.15, 0.2) is 67.7 Å². The molecule has 2 fully saturated rings. The number of aliphatic imine (C=N–C) groups is 3. The molecule has 0 atom stereocenters. The molecule has 12 heteroatoms. The smallest absolute Gasteiger partial charge is 0.227 e. The summed E-state index contributed by atoms with van der Waals surface area (Å²) < 4.78 is 0. The van der Waals surface area contributed by atoms with E-state index in [2.05, 4.69) is 47.3 Å². The van der Waals surface area contributed by atoms with Gasteiger partial charge in [-0.05, 0) is 67.4 Å². The Hall–Kier alpha value is -3.48. The zero-order valence-electron chi connectivity index (χ0n) is 20.5. The average Bonchev–Trinajstić information content (AvgIpc) is 3.40. The molecule has 0 radical (unpaired) electrons. The minimum atomic E-state index is 0.0653. The fourth-order valence-electron chi connectivity index (χ4n) is 3.61. The Morgan fingerprint density at radius 2 is 2.00 bits per heavy atom. The molecule has 0 spiro atoms. The van der Waals surface area contributed by atoms with Crippen LogP contribution in [-0.4, -0.2) is 76.6 Å². The molecule has 0 unspecified atom stereocenters. The molecule has 2 aliphatic rings. The molecule has 1 amide bonds. The van der Waals surface area contributed by atoms with Gasteiger partial charge in [-0.2, -0.15) is 15.1 Å². The summed E-state index contributed by atoms with van der Waals surface area (Å²) >= 11 is 3.00. The van der Waals surface area contributed by atoms with Gasteiger partial charge in [0.15, 0.2) is 11.0 Å². The third kappa shape index (κ3) is 7.28. The molecular formula is C25H29N9OS2. The van der Waals surface area contributed by atoms with Crippen LogP contribution in [-0.2, 0) is 4.79 Å². The number of carbonyl (C=O) groups excluding carboxylic acids is 1. The highest BCUT2D eigenvalue weighted by atomic mass is 32.2. The summed E-state index contributed by atoms with van der Waals surface area (Å²) in [6, 6.07) is 13.5. The van der Waals surface area contributed by atoms with E-state index in [0.717, 1.165) is 60.2 Å². The summed E-state index contributed by atoms with van der Waals surface area (Å²) in [4.78, 5) is 32.0. The number of nitrogens with two attached hydrogens (primary N) is 1. The second kappa shape index (κ2) is 11.7. The first-order valence-corrected chi connectivity index (χ1v) is 13.8. The number of amidine groups is 1. The number of nitrogens with zero attached hydrogens (tertiary/aromatic N) is 6. The zero-order valence-corrected chi connectivity index (χ0v) is 22.1. The first-order chi connectivity index (χ1) is 18.0. The number of rotatable bonds is 6. The van der Waals surface area contributed by atoms with Gasteiger partial charge in [0, 0.05) is 48.7 Å². The topological polar surface area (TPSA) is 127 Å². The van der Waals surface area contributed by atoms with Gasteiger partial charge >= 0.3 is 0 Å². The number of benzene rings is 1. The van der Waals surface area contributed by atoms with Crippen molar-refractivity contribution >= 4 is 58.0 Å². The zero-order chi connectivity index (χ0) is 25.6. The minimum Gasteiger partial charge on any atom is -0.368 e. The first kappa shape index (κ1) is 25.2. The van der Waals surface area contributed by atoms with E-state index >= 15 is 0 Å². The molecule has 10 nitrogen and oxygen atoms in total. The van der Waals surface area contributed by atoms with Crippen LogP contribution in [0.4, 0.5) is 11.5 Å². The molecular weight excluding hydrogens is 506 g/mol. The summed E-state index contributed by atoms with van der Waals surface area (Å²) in [5, 5.41) is 12.6. The average molecular weight is 536 g/mol. The number of piperazine rings is 1. The lowest BCUT2D eigenvalue weighted by Gasteiger charge is -2.30. The second-order valence-electron chi connectivity index (χ2n) is 8.96. The van der Waals surface area contributed by atoms with Gasteiger partial charge in [0.05, 0.1) is 16.9 Å². The molecule has 192 valence electrons. The van der Waals surface area contributed by atoms with Crippen LogP contribution >= 0.6 is 23.1 Å². The number of hydrogen-bond donors (Lipinski definition) is 3. The van der Waals surface area contributed by atoms with Gasteiger partial charge in [-0.3, -0.25) is 9.89 Å². The Morgan fingerprint density at radius 1 is 1.22 bits per heavy atom. The predicted molar refractivity (Wildman–Crippen MR) is 152 cm³/mol. The lowest BCUT2D eigenvalue weighted by Crippen LogP contribution is -2.43. The quantitative estimate of drug-likeness (QED) is 0.250. The maximum atomic E-state index is 12.0. The van der Waals surface area contributed by atoms with Crippen LogP contribution in [0.1, 0.15) is 12.8 Å².